The maximum absolute atomic E-state index is 13.2. The third-order valence-corrected chi connectivity index (χ3v) is 8.06. The van der Waals surface area contributed by atoms with E-state index in [0.717, 1.165) is 55.4 Å². The van der Waals surface area contributed by atoms with E-state index in [1.54, 1.807) is 0 Å². The molecular weight excluding hydrogens is 390 g/mol. The van der Waals surface area contributed by atoms with Crippen LogP contribution in [0.4, 0.5) is 5.00 Å². The fraction of sp³-hybridized carbons (Fsp3) is 0.682. The van der Waals surface area contributed by atoms with Gasteiger partial charge in [-0.05, 0) is 68.3 Å². The second kappa shape index (κ2) is 8.09. The van der Waals surface area contributed by atoms with Crippen LogP contribution in [0.25, 0.3) is 0 Å². The van der Waals surface area contributed by atoms with E-state index in [9.17, 15) is 19.5 Å². The number of esters is 1. The SMILES string of the molecule is CCCOC(=O)c1c(NC(=O)C2C3CCC(C3)C2C(=O)O)sc2c1CCC(C)C2. The molecule has 1 aromatic rings. The number of hydrogen-bond acceptors (Lipinski definition) is 5. The molecule has 0 saturated heterocycles. The van der Waals surface area contributed by atoms with Gasteiger partial charge in [0.1, 0.15) is 5.00 Å². The molecule has 0 aromatic carbocycles. The van der Waals surface area contributed by atoms with Crippen molar-refractivity contribution in [2.24, 2.45) is 29.6 Å². The van der Waals surface area contributed by atoms with Crippen LogP contribution < -0.4 is 5.32 Å². The number of amides is 1. The maximum atomic E-state index is 13.2. The van der Waals surface area contributed by atoms with E-state index in [1.807, 2.05) is 6.92 Å². The van der Waals surface area contributed by atoms with Gasteiger partial charge in [-0.3, -0.25) is 9.59 Å². The van der Waals surface area contributed by atoms with Gasteiger partial charge in [0.2, 0.25) is 5.91 Å². The van der Waals surface area contributed by atoms with Crippen molar-refractivity contribution in [1.82, 2.24) is 0 Å². The standard InChI is InChI=1S/C22H29NO5S/c1-3-8-28-22(27)18-14-7-4-11(2)9-15(14)29-20(18)23-19(24)16-12-5-6-13(10-12)17(16)21(25)26/h11-13,16-17H,3-10H2,1-2H3,(H,23,24)(H,25,26). The smallest absolute Gasteiger partial charge is 0.341 e. The lowest BCUT2D eigenvalue weighted by Crippen LogP contribution is -2.38. The molecule has 2 bridgehead atoms. The van der Waals surface area contributed by atoms with E-state index < -0.39 is 17.8 Å². The molecule has 3 aliphatic carbocycles. The monoisotopic (exact) mass is 419 g/mol. The number of anilines is 1. The summed E-state index contributed by atoms with van der Waals surface area (Å²) in [5, 5.41) is 13.2. The number of carboxylic acid groups (broad SMARTS) is 1. The highest BCUT2D eigenvalue weighted by Crippen LogP contribution is 2.53. The molecule has 0 spiro atoms. The summed E-state index contributed by atoms with van der Waals surface area (Å²) in [5.74, 6) is -1.85. The number of thiophene rings is 1. The quantitative estimate of drug-likeness (QED) is 0.677. The number of carbonyl (C=O) groups is 3. The molecule has 0 aliphatic heterocycles. The zero-order valence-electron chi connectivity index (χ0n) is 17.0. The number of nitrogens with one attached hydrogen (secondary N) is 1. The molecule has 7 heteroatoms. The van der Waals surface area contributed by atoms with Gasteiger partial charge >= 0.3 is 11.9 Å². The molecule has 5 atom stereocenters. The Morgan fingerprint density at radius 3 is 2.59 bits per heavy atom. The summed E-state index contributed by atoms with van der Waals surface area (Å²) in [6.07, 6.45) is 6.09. The Balaban J connectivity index is 1.61. The van der Waals surface area contributed by atoms with Gasteiger partial charge in [0.05, 0.1) is 24.0 Å². The van der Waals surface area contributed by atoms with E-state index >= 15 is 0 Å². The Labute approximate surface area is 175 Å². The summed E-state index contributed by atoms with van der Waals surface area (Å²) in [7, 11) is 0. The van der Waals surface area contributed by atoms with Crippen molar-refractivity contribution in [1.29, 1.82) is 0 Å². The molecule has 6 nitrogen and oxygen atoms in total. The van der Waals surface area contributed by atoms with Crippen molar-refractivity contribution in [3.05, 3.63) is 16.0 Å². The molecule has 1 heterocycles. The Kier molecular flexibility index (Phi) is 5.69. The highest BCUT2D eigenvalue weighted by Gasteiger charge is 2.54. The molecular formula is C22H29NO5S. The second-order valence-corrected chi connectivity index (χ2v) is 10.0. The van der Waals surface area contributed by atoms with E-state index in [0.29, 0.717) is 23.1 Å². The predicted molar refractivity (Wildman–Crippen MR) is 110 cm³/mol. The summed E-state index contributed by atoms with van der Waals surface area (Å²) >= 11 is 1.46. The molecule has 4 rings (SSSR count). The Bertz CT molecular complexity index is 831. The average Bonchev–Trinajstić information content (AvgIpc) is 3.37. The van der Waals surface area contributed by atoms with Gasteiger partial charge < -0.3 is 15.2 Å². The molecule has 2 saturated carbocycles. The van der Waals surface area contributed by atoms with Crippen LogP contribution in [0.1, 0.15) is 66.8 Å². The van der Waals surface area contributed by atoms with Gasteiger partial charge in [-0.1, -0.05) is 13.8 Å². The minimum Gasteiger partial charge on any atom is -0.481 e. The number of aliphatic carboxylic acids is 1. The van der Waals surface area contributed by atoms with E-state index in [1.165, 1.54) is 11.3 Å². The van der Waals surface area contributed by atoms with Crippen molar-refractivity contribution >= 4 is 34.2 Å². The third-order valence-electron chi connectivity index (χ3n) is 6.89. The normalized spacial score (nSPS) is 30.1. The third kappa shape index (κ3) is 3.69. The number of carbonyl (C=O) groups excluding carboxylic acids is 2. The summed E-state index contributed by atoms with van der Waals surface area (Å²) in [4.78, 5) is 38.9. The summed E-state index contributed by atoms with van der Waals surface area (Å²) in [5.41, 5.74) is 1.50. The topological polar surface area (TPSA) is 92.7 Å². The zero-order valence-corrected chi connectivity index (χ0v) is 17.8. The first-order valence-electron chi connectivity index (χ1n) is 10.8. The summed E-state index contributed by atoms with van der Waals surface area (Å²) in [6, 6.07) is 0. The van der Waals surface area contributed by atoms with Crippen LogP contribution in [0.2, 0.25) is 0 Å². The zero-order chi connectivity index (χ0) is 20.7. The number of fused-ring (bicyclic) bond motifs is 3. The molecule has 2 fully saturated rings. The molecule has 3 aliphatic rings. The van der Waals surface area contributed by atoms with Gasteiger partial charge in [0, 0.05) is 4.88 Å². The molecule has 29 heavy (non-hydrogen) atoms. The molecule has 1 aromatic heterocycles. The molecule has 2 N–H and O–H groups in total. The van der Waals surface area contributed by atoms with Crippen molar-refractivity contribution in [3.8, 4) is 0 Å². The average molecular weight is 420 g/mol. The number of carboxylic acids is 1. The summed E-state index contributed by atoms with van der Waals surface area (Å²) < 4.78 is 5.41. The summed E-state index contributed by atoms with van der Waals surface area (Å²) in [6.45, 7) is 4.49. The van der Waals surface area contributed by atoms with Crippen LogP contribution in [0, 0.1) is 29.6 Å². The van der Waals surface area contributed by atoms with Crippen molar-refractivity contribution in [3.63, 3.8) is 0 Å². The Hall–Kier alpha value is -1.89. The van der Waals surface area contributed by atoms with E-state index in [2.05, 4.69) is 12.2 Å². The minimum atomic E-state index is -0.876. The lowest BCUT2D eigenvalue weighted by molar-refractivity contribution is -0.148. The number of hydrogen-bond donors (Lipinski definition) is 2. The largest absolute Gasteiger partial charge is 0.481 e. The lowest BCUT2D eigenvalue weighted by Gasteiger charge is -2.27. The van der Waals surface area contributed by atoms with E-state index in [4.69, 9.17) is 4.74 Å². The first-order chi connectivity index (χ1) is 13.9. The Morgan fingerprint density at radius 2 is 1.90 bits per heavy atom. The highest BCUT2D eigenvalue weighted by molar-refractivity contribution is 7.17. The van der Waals surface area contributed by atoms with E-state index in [-0.39, 0.29) is 23.7 Å². The fourth-order valence-corrected chi connectivity index (χ4v) is 6.94. The number of rotatable bonds is 6. The van der Waals surface area contributed by atoms with Crippen molar-refractivity contribution in [2.75, 3.05) is 11.9 Å². The van der Waals surface area contributed by atoms with Crippen LogP contribution in [0.15, 0.2) is 0 Å². The second-order valence-electron chi connectivity index (χ2n) is 8.90. The molecule has 0 radical (unpaired) electrons. The van der Waals surface area contributed by atoms with Gasteiger partial charge in [-0.2, -0.15) is 0 Å². The van der Waals surface area contributed by atoms with Crippen molar-refractivity contribution < 1.29 is 24.2 Å². The maximum Gasteiger partial charge on any atom is 0.341 e. The number of ether oxygens (including phenoxy) is 1. The fourth-order valence-electron chi connectivity index (χ4n) is 5.54. The van der Waals surface area contributed by atoms with Gasteiger partial charge in [0.15, 0.2) is 0 Å². The molecule has 158 valence electrons. The van der Waals surface area contributed by atoms with Crippen LogP contribution in [0.3, 0.4) is 0 Å². The van der Waals surface area contributed by atoms with Gasteiger partial charge in [-0.15, -0.1) is 11.3 Å². The van der Waals surface area contributed by atoms with Crippen molar-refractivity contribution in [2.45, 2.75) is 58.8 Å². The highest BCUT2D eigenvalue weighted by atomic mass is 32.1. The van der Waals surface area contributed by atoms with Gasteiger partial charge in [0.25, 0.3) is 0 Å². The lowest BCUT2D eigenvalue weighted by atomic mass is 9.78. The first kappa shape index (κ1) is 20.4. The predicted octanol–water partition coefficient (Wildman–Crippen LogP) is 4.13. The molecule has 5 unspecified atom stereocenters. The Morgan fingerprint density at radius 1 is 1.17 bits per heavy atom. The molecule has 1 amide bonds. The van der Waals surface area contributed by atoms with Crippen LogP contribution in [0.5, 0.6) is 0 Å². The van der Waals surface area contributed by atoms with Crippen LogP contribution >= 0.6 is 11.3 Å². The van der Waals surface area contributed by atoms with Gasteiger partial charge in [-0.25, -0.2) is 4.79 Å². The van der Waals surface area contributed by atoms with Crippen LogP contribution in [-0.4, -0.2) is 29.6 Å². The first-order valence-corrected chi connectivity index (χ1v) is 11.6. The van der Waals surface area contributed by atoms with Crippen LogP contribution in [-0.2, 0) is 27.2 Å². The minimum absolute atomic E-state index is 0.0969.